The topological polar surface area (TPSA) is 110 Å². The van der Waals surface area contributed by atoms with Gasteiger partial charge in [0.15, 0.2) is 6.04 Å². The molecule has 18 heavy (non-hydrogen) atoms. The van der Waals surface area contributed by atoms with Crippen LogP contribution in [0.5, 0.6) is 0 Å². The number of carboxylic acids is 1. The van der Waals surface area contributed by atoms with Crippen LogP contribution in [0.4, 0.5) is 4.79 Å². The van der Waals surface area contributed by atoms with E-state index in [9.17, 15) is 14.7 Å². The molecule has 7 heteroatoms. The highest BCUT2D eigenvalue weighted by molar-refractivity contribution is 5.82. The molecule has 1 fully saturated rings. The quantitative estimate of drug-likeness (QED) is 0.531. The number of nitrogens with one attached hydrogen (secondary N) is 1. The van der Waals surface area contributed by atoms with E-state index in [0.29, 0.717) is 25.9 Å². The smallest absolute Gasteiger partial charge is 0.328 e. The Bertz CT molecular complexity index is 300. The molecule has 1 saturated heterocycles. The summed E-state index contributed by atoms with van der Waals surface area (Å²) >= 11 is 0. The fourth-order valence-corrected chi connectivity index (χ4v) is 2.01. The number of urea groups is 1. The zero-order valence-corrected chi connectivity index (χ0v) is 10.4. The van der Waals surface area contributed by atoms with Gasteiger partial charge in [-0.25, -0.2) is 9.59 Å². The Hall–Kier alpha value is -1.34. The molecule has 1 aliphatic heterocycles. The van der Waals surface area contributed by atoms with Gasteiger partial charge in [0.2, 0.25) is 0 Å². The van der Waals surface area contributed by atoms with Crippen molar-refractivity contribution in [1.82, 2.24) is 10.2 Å². The Balaban J connectivity index is 2.42. The van der Waals surface area contributed by atoms with Gasteiger partial charge in [0.05, 0.1) is 12.7 Å². The summed E-state index contributed by atoms with van der Waals surface area (Å²) in [5.41, 5.74) is 0. The Morgan fingerprint density at radius 2 is 1.94 bits per heavy atom. The van der Waals surface area contributed by atoms with E-state index in [2.05, 4.69) is 5.32 Å². The van der Waals surface area contributed by atoms with E-state index < -0.39 is 24.6 Å². The number of hydrogen-bond donors (Lipinski definition) is 4. The first-order valence-corrected chi connectivity index (χ1v) is 6.03. The molecule has 1 aliphatic rings. The van der Waals surface area contributed by atoms with E-state index in [1.165, 1.54) is 4.90 Å². The van der Waals surface area contributed by atoms with E-state index in [0.717, 1.165) is 0 Å². The molecular weight excluding hydrogens is 240 g/mol. The summed E-state index contributed by atoms with van der Waals surface area (Å²) in [6, 6.07) is -1.76. The highest BCUT2D eigenvalue weighted by atomic mass is 16.4. The van der Waals surface area contributed by atoms with Crippen molar-refractivity contribution in [2.45, 2.75) is 31.9 Å². The lowest BCUT2D eigenvalue weighted by Gasteiger charge is -2.33. The number of amides is 2. The second-order valence-corrected chi connectivity index (χ2v) is 4.59. The van der Waals surface area contributed by atoms with Crippen LogP contribution in [0.2, 0.25) is 0 Å². The standard InChI is InChI=1S/C11H20N2O5/c1-7(15)8-2-4-13(5-3-8)11(18)12-9(6-14)10(16)17/h7-9,14-15H,2-6H2,1H3,(H,12,18)(H,16,17)/t7?,9-/m0/s1. The Kier molecular flexibility index (Phi) is 5.36. The van der Waals surface area contributed by atoms with Crippen molar-refractivity contribution in [3.8, 4) is 0 Å². The van der Waals surface area contributed by atoms with Crippen molar-refractivity contribution in [2.24, 2.45) is 5.92 Å². The lowest BCUT2D eigenvalue weighted by molar-refractivity contribution is -0.140. The Labute approximate surface area is 105 Å². The molecule has 0 aliphatic carbocycles. The number of piperidine rings is 1. The summed E-state index contributed by atoms with van der Waals surface area (Å²) in [5, 5.41) is 29.2. The van der Waals surface area contributed by atoms with Gasteiger partial charge >= 0.3 is 12.0 Å². The van der Waals surface area contributed by atoms with Crippen molar-refractivity contribution in [3.63, 3.8) is 0 Å². The minimum atomic E-state index is -1.27. The lowest BCUT2D eigenvalue weighted by atomic mass is 9.92. The molecule has 1 unspecified atom stereocenters. The summed E-state index contributed by atoms with van der Waals surface area (Å²) in [4.78, 5) is 23.9. The first-order chi connectivity index (χ1) is 8.45. The van der Waals surface area contributed by atoms with Crippen molar-refractivity contribution in [3.05, 3.63) is 0 Å². The molecule has 0 bridgehead atoms. The molecule has 1 heterocycles. The number of aliphatic hydroxyl groups excluding tert-OH is 2. The van der Waals surface area contributed by atoms with Crippen LogP contribution in [0.3, 0.4) is 0 Å². The second-order valence-electron chi connectivity index (χ2n) is 4.59. The summed E-state index contributed by atoms with van der Waals surface area (Å²) < 4.78 is 0. The number of likely N-dealkylation sites (tertiary alicyclic amines) is 1. The molecule has 104 valence electrons. The van der Waals surface area contributed by atoms with E-state index in [1.807, 2.05) is 0 Å². The van der Waals surface area contributed by atoms with Gasteiger partial charge < -0.3 is 25.5 Å². The van der Waals surface area contributed by atoms with Crippen LogP contribution in [0.25, 0.3) is 0 Å². The summed E-state index contributed by atoms with van der Waals surface area (Å²) in [6.45, 7) is 2.07. The highest BCUT2D eigenvalue weighted by Gasteiger charge is 2.27. The third-order valence-electron chi connectivity index (χ3n) is 3.29. The van der Waals surface area contributed by atoms with E-state index >= 15 is 0 Å². The van der Waals surface area contributed by atoms with Crippen LogP contribution < -0.4 is 5.32 Å². The zero-order chi connectivity index (χ0) is 13.7. The number of hydrogen-bond acceptors (Lipinski definition) is 4. The third-order valence-corrected chi connectivity index (χ3v) is 3.29. The van der Waals surface area contributed by atoms with Gasteiger partial charge in [0, 0.05) is 13.1 Å². The second kappa shape index (κ2) is 6.55. The highest BCUT2D eigenvalue weighted by Crippen LogP contribution is 2.20. The number of rotatable bonds is 4. The number of aliphatic hydroxyl groups is 2. The fraction of sp³-hybridized carbons (Fsp3) is 0.818. The molecule has 0 spiro atoms. The summed E-state index contributed by atoms with van der Waals surface area (Å²) in [5.74, 6) is -1.08. The summed E-state index contributed by atoms with van der Waals surface area (Å²) in [6.07, 6.45) is 1.00. The molecule has 2 amide bonds. The maximum absolute atomic E-state index is 11.7. The van der Waals surface area contributed by atoms with Crippen LogP contribution >= 0.6 is 0 Å². The van der Waals surface area contributed by atoms with E-state index in [4.69, 9.17) is 10.2 Å². The predicted octanol–water partition coefficient (Wildman–Crippen LogP) is -0.766. The van der Waals surface area contributed by atoms with Crippen LogP contribution in [-0.2, 0) is 4.79 Å². The molecular formula is C11H20N2O5. The first-order valence-electron chi connectivity index (χ1n) is 6.03. The molecule has 1 rings (SSSR count). The van der Waals surface area contributed by atoms with E-state index in [-0.39, 0.29) is 12.0 Å². The number of nitrogens with zero attached hydrogens (tertiary/aromatic N) is 1. The van der Waals surface area contributed by atoms with Gasteiger partial charge in [-0.2, -0.15) is 0 Å². The maximum Gasteiger partial charge on any atom is 0.328 e. The van der Waals surface area contributed by atoms with Gasteiger partial charge in [0.1, 0.15) is 0 Å². The largest absolute Gasteiger partial charge is 0.480 e. The van der Waals surface area contributed by atoms with Gasteiger partial charge in [-0.15, -0.1) is 0 Å². The molecule has 0 radical (unpaired) electrons. The van der Waals surface area contributed by atoms with Crippen molar-refractivity contribution >= 4 is 12.0 Å². The number of carbonyl (C=O) groups excluding carboxylic acids is 1. The average Bonchev–Trinajstić information content (AvgIpc) is 2.35. The Morgan fingerprint density at radius 3 is 2.33 bits per heavy atom. The van der Waals surface area contributed by atoms with Crippen LogP contribution in [0.1, 0.15) is 19.8 Å². The molecule has 0 aromatic rings. The minimum absolute atomic E-state index is 0.183. The zero-order valence-electron chi connectivity index (χ0n) is 10.4. The van der Waals surface area contributed by atoms with Crippen LogP contribution in [0, 0.1) is 5.92 Å². The lowest BCUT2D eigenvalue weighted by Crippen LogP contribution is -2.51. The van der Waals surface area contributed by atoms with E-state index in [1.54, 1.807) is 6.92 Å². The van der Waals surface area contributed by atoms with Gasteiger partial charge in [-0.05, 0) is 25.7 Å². The first kappa shape index (κ1) is 14.7. The molecule has 0 aromatic heterocycles. The van der Waals surface area contributed by atoms with Gasteiger partial charge in [-0.1, -0.05) is 0 Å². The average molecular weight is 260 g/mol. The molecule has 0 saturated carbocycles. The SMILES string of the molecule is CC(O)C1CCN(C(=O)N[C@@H](CO)C(=O)O)CC1. The predicted molar refractivity (Wildman–Crippen MR) is 63.0 cm³/mol. The molecule has 2 atom stereocenters. The third kappa shape index (κ3) is 3.85. The van der Waals surface area contributed by atoms with Crippen LogP contribution in [0.15, 0.2) is 0 Å². The van der Waals surface area contributed by atoms with Crippen molar-refractivity contribution < 1.29 is 24.9 Å². The fourth-order valence-electron chi connectivity index (χ4n) is 2.01. The van der Waals surface area contributed by atoms with Gasteiger partial charge in [-0.3, -0.25) is 0 Å². The van der Waals surface area contributed by atoms with Crippen molar-refractivity contribution in [1.29, 1.82) is 0 Å². The normalized spacial score (nSPS) is 20.3. The number of carbonyl (C=O) groups is 2. The van der Waals surface area contributed by atoms with Crippen molar-refractivity contribution in [2.75, 3.05) is 19.7 Å². The number of carboxylic acid groups (broad SMARTS) is 1. The molecule has 0 aromatic carbocycles. The molecule has 7 nitrogen and oxygen atoms in total. The minimum Gasteiger partial charge on any atom is -0.480 e. The van der Waals surface area contributed by atoms with Crippen LogP contribution in [-0.4, -0.2) is 64.1 Å². The number of aliphatic carboxylic acids is 1. The maximum atomic E-state index is 11.7. The Morgan fingerprint density at radius 1 is 1.39 bits per heavy atom. The molecule has 4 N–H and O–H groups in total. The summed E-state index contributed by atoms with van der Waals surface area (Å²) in [7, 11) is 0. The monoisotopic (exact) mass is 260 g/mol. The van der Waals surface area contributed by atoms with Gasteiger partial charge in [0.25, 0.3) is 0 Å².